The average Bonchev–Trinajstić information content (AvgIpc) is 0.751. The van der Waals surface area contributed by atoms with Gasteiger partial charge < -0.3 is 56.2 Å². The van der Waals surface area contributed by atoms with Gasteiger partial charge in [0, 0.05) is 49.3 Å². The number of methoxy groups -OCH3 is 2. The lowest BCUT2D eigenvalue weighted by molar-refractivity contribution is -0.0981. The summed E-state index contributed by atoms with van der Waals surface area (Å²) < 4.78 is 43.8. The minimum Gasteiger partial charge on any atom is -1.00 e. The first-order chi connectivity index (χ1) is 47.4. The van der Waals surface area contributed by atoms with Crippen LogP contribution in [-0.4, -0.2) is 75.0 Å². The Balaban J connectivity index is 0.000000530. The van der Waals surface area contributed by atoms with Crippen LogP contribution in [0.15, 0.2) is 210 Å². The number of fused-ring (bicyclic) bond motifs is 1. The van der Waals surface area contributed by atoms with Crippen LogP contribution in [0, 0.1) is 71.0 Å². The highest BCUT2D eigenvalue weighted by molar-refractivity contribution is 7.95. The molecule has 12 heteroatoms. The van der Waals surface area contributed by atoms with E-state index in [4.69, 9.17) is 32.2 Å². The SMILES string of the molecule is C=C/C=C\C(C)[C@H](C)[C@@H](C)[C@H](O[Si](C)(C)C(C)(C)C)[C@@H](C)C/C(C)=C\[C@H](C)[C@@H](OCOC)C(C)/C=C\c1ccc2ccc(=O)oc2c1.C=C/C=C\C(C)[C@H](C)[C@@H](C)[C@H](O[Si](C)(C)C(C)(C)C)[C@@H](C)C/C(C)=C\[C@H](C)[C@@H](OCOC)C(C)C[P+](c1ccccc1)(c1ccccc1)c1ccccc1.[I-]. The molecule has 0 aliphatic rings. The van der Waals surface area contributed by atoms with Crippen molar-refractivity contribution in [1.29, 1.82) is 0 Å². The van der Waals surface area contributed by atoms with Crippen LogP contribution in [0.2, 0.25) is 36.3 Å². The number of rotatable bonds is 39. The Hall–Kier alpha value is -4.38. The second-order valence-electron chi connectivity index (χ2n) is 33.0. The van der Waals surface area contributed by atoms with Crippen LogP contribution in [0.1, 0.15) is 157 Å². The molecule has 566 valence electrons. The molecule has 1 aromatic heterocycles. The van der Waals surface area contributed by atoms with Gasteiger partial charge in [0.05, 0.1) is 30.6 Å². The normalized spacial score (nSPS) is 17.9. The van der Waals surface area contributed by atoms with Crippen LogP contribution >= 0.6 is 7.26 Å². The summed E-state index contributed by atoms with van der Waals surface area (Å²) in [6.07, 6.45) is 24.7. The maximum atomic E-state index is 11.7. The number of hydrogen-bond acceptors (Lipinski definition) is 8. The van der Waals surface area contributed by atoms with Crippen molar-refractivity contribution in [1.82, 2.24) is 0 Å². The van der Waals surface area contributed by atoms with Crippen molar-refractivity contribution >= 4 is 56.9 Å². The fourth-order valence-electron chi connectivity index (χ4n) is 14.2. The molecule has 0 saturated carbocycles. The smallest absolute Gasteiger partial charge is 0.336 e. The molecule has 0 saturated heterocycles. The predicted octanol–water partition coefficient (Wildman–Crippen LogP) is 20.3. The summed E-state index contributed by atoms with van der Waals surface area (Å²) in [4.78, 5) is 11.7. The molecule has 0 spiro atoms. The van der Waals surface area contributed by atoms with E-state index in [1.807, 2.05) is 30.4 Å². The molecule has 8 nitrogen and oxygen atoms in total. The van der Waals surface area contributed by atoms with E-state index in [-0.39, 0.29) is 101 Å². The Morgan fingerprint density at radius 2 is 0.873 bits per heavy atom. The number of halogens is 1. The topological polar surface area (TPSA) is 85.6 Å². The van der Waals surface area contributed by atoms with Crippen molar-refractivity contribution in [3.05, 3.63) is 216 Å². The third kappa shape index (κ3) is 27.1. The standard InChI is InChI=1S/C49H74O3PSi.C41H64O5Si.HI/c1-15-16-26-38(3)42(7)43(8)48(52-54(13,14)49(9,10)11)40(5)34-37(2)33-39(4)47(51-36-50-12)41(6)35-53(44-27-20-17-21-28-44,45-29-22-18-23-30-45)46-31-24-19-25-32-46;1-15-16-17-29(3)33(7)34(8)40(46-47(13,14)41(9,10)11)32(6)25-28(2)24-31(5)39(44-27-43-12)30(4)18-19-35-20-21-36-22-23-38(42)45-37(36)26-35;/h15-33,38-43,47-48H,1,34-36H2,2-14H3;15-24,26,29-34,39-40H,1,25,27H2,2-14H3;1H/q+1;;/p-1/b26-16-,37-33-;17-16-,19-18-,28-24-;/t38?,39-,40-,41?,42-,43+,47+,48+;29?,30?,31-,32-,33-,34+,39-,40+;/m00./s1. The Labute approximate surface area is 641 Å². The largest absolute Gasteiger partial charge is 1.00 e. The van der Waals surface area contributed by atoms with Crippen LogP contribution < -0.4 is 45.5 Å². The van der Waals surface area contributed by atoms with Crippen molar-refractivity contribution in [2.45, 2.75) is 212 Å². The molecule has 16 atom stereocenters. The van der Waals surface area contributed by atoms with E-state index in [0.717, 1.165) is 30.0 Å². The summed E-state index contributed by atoms with van der Waals surface area (Å²) in [6.45, 7) is 64.5. The van der Waals surface area contributed by atoms with E-state index in [1.165, 1.54) is 33.1 Å². The quantitative estimate of drug-likeness (QED) is 0.00732. The van der Waals surface area contributed by atoms with E-state index in [9.17, 15) is 4.79 Å². The van der Waals surface area contributed by atoms with Gasteiger partial charge in [-0.2, -0.15) is 0 Å². The summed E-state index contributed by atoms with van der Waals surface area (Å²) in [6, 6.07) is 42.7. The molecule has 5 rings (SSSR count). The Morgan fingerprint density at radius 3 is 1.25 bits per heavy atom. The van der Waals surface area contributed by atoms with Crippen LogP contribution in [-0.2, 0) is 27.8 Å². The molecule has 0 aliphatic carbocycles. The molecule has 0 amide bonds. The van der Waals surface area contributed by atoms with Crippen LogP contribution in [0.4, 0.5) is 0 Å². The zero-order valence-electron chi connectivity index (χ0n) is 68.1. The molecule has 4 unspecified atom stereocenters. The Bertz CT molecular complexity index is 3360. The number of hydrogen-bond donors (Lipinski definition) is 0. The molecule has 0 aliphatic heterocycles. The number of benzene rings is 4. The van der Waals surface area contributed by atoms with Gasteiger partial charge in [0.15, 0.2) is 16.6 Å². The average molecular weight is 1560 g/mol. The fourth-order valence-corrected chi connectivity index (χ4v) is 21.8. The van der Waals surface area contributed by atoms with Gasteiger partial charge in [-0.1, -0.05) is 276 Å². The second-order valence-corrected chi connectivity index (χ2v) is 46.1. The van der Waals surface area contributed by atoms with Gasteiger partial charge in [-0.3, -0.25) is 0 Å². The molecule has 1 heterocycles. The van der Waals surface area contributed by atoms with Crippen molar-refractivity contribution in [2.24, 2.45) is 71.0 Å². The third-order valence-corrected chi connectivity index (χ3v) is 36.3. The summed E-state index contributed by atoms with van der Waals surface area (Å²) in [5.74, 6) is 3.99. The van der Waals surface area contributed by atoms with E-state index < -0.39 is 23.9 Å². The van der Waals surface area contributed by atoms with Crippen molar-refractivity contribution < 1.29 is 56.2 Å². The van der Waals surface area contributed by atoms with E-state index in [2.05, 4.69) is 317 Å². The summed E-state index contributed by atoms with van der Waals surface area (Å²) in [5, 5.41) is 5.38. The van der Waals surface area contributed by atoms with Gasteiger partial charge in [0.25, 0.3) is 0 Å². The lowest BCUT2D eigenvalue weighted by Gasteiger charge is -2.44. The molecule has 0 bridgehead atoms. The van der Waals surface area contributed by atoms with Crippen molar-refractivity contribution in [3.8, 4) is 0 Å². The van der Waals surface area contributed by atoms with Crippen LogP contribution in [0.5, 0.6) is 0 Å². The zero-order valence-corrected chi connectivity index (χ0v) is 73.2. The monoisotopic (exact) mass is 1560 g/mol. The molecule has 0 fully saturated rings. The lowest BCUT2D eigenvalue weighted by Crippen LogP contribution is -3.00. The van der Waals surface area contributed by atoms with Gasteiger partial charge in [-0.15, -0.1) is 0 Å². The summed E-state index contributed by atoms with van der Waals surface area (Å²) in [7, 11) is -2.68. The van der Waals surface area contributed by atoms with Gasteiger partial charge in [-0.25, -0.2) is 4.79 Å². The van der Waals surface area contributed by atoms with Crippen LogP contribution in [0.25, 0.3) is 17.0 Å². The minimum atomic E-state index is -2.04. The highest BCUT2D eigenvalue weighted by Crippen LogP contribution is 2.57. The van der Waals surface area contributed by atoms with Crippen molar-refractivity contribution in [3.63, 3.8) is 0 Å². The molecule has 0 radical (unpaired) electrons. The van der Waals surface area contributed by atoms with E-state index in [0.29, 0.717) is 52.9 Å². The molecular formula is C90H138IO8PSi2. The zero-order chi connectivity index (χ0) is 75.6. The first-order valence-corrected chi connectivity index (χ1v) is 45.5. The molecule has 0 N–H and O–H groups in total. The summed E-state index contributed by atoms with van der Waals surface area (Å²) >= 11 is 0. The highest BCUT2D eigenvalue weighted by Gasteiger charge is 2.49. The second kappa shape index (κ2) is 43.4. The molecular weight excluding hydrogens is 1420 g/mol. The van der Waals surface area contributed by atoms with Gasteiger partial charge in [-0.05, 0) is 164 Å². The highest BCUT2D eigenvalue weighted by atomic mass is 127. The first-order valence-electron chi connectivity index (χ1n) is 37.7. The fraction of sp³-hybridized carbons (Fsp3) is 0.544. The minimum absolute atomic E-state index is 0. The first kappa shape index (κ1) is 91.8. The number of allylic oxidation sites excluding steroid dienone is 8. The molecule has 5 aromatic rings. The molecule has 4 aromatic carbocycles. The van der Waals surface area contributed by atoms with Gasteiger partial charge in [0.2, 0.25) is 0 Å². The molecule has 102 heavy (non-hydrogen) atoms. The van der Waals surface area contributed by atoms with Crippen LogP contribution in [0.3, 0.4) is 0 Å². The van der Waals surface area contributed by atoms with Crippen molar-refractivity contribution in [2.75, 3.05) is 34.0 Å². The maximum Gasteiger partial charge on any atom is 0.336 e. The summed E-state index contributed by atoms with van der Waals surface area (Å²) in [5.41, 5.74) is 3.96. The predicted molar refractivity (Wildman–Crippen MR) is 445 cm³/mol. The Kier molecular flexibility index (Phi) is 39.1. The maximum absolute atomic E-state index is 11.7. The van der Waals surface area contributed by atoms with E-state index in [1.54, 1.807) is 20.3 Å². The van der Waals surface area contributed by atoms with Gasteiger partial charge in [0.1, 0.15) is 42.3 Å². The third-order valence-electron chi connectivity index (χ3n) is 22.7. The number of ether oxygens (including phenoxy) is 4. The van der Waals surface area contributed by atoms with E-state index >= 15 is 0 Å². The Morgan fingerprint density at radius 1 is 0.490 bits per heavy atom. The lowest BCUT2D eigenvalue weighted by atomic mass is 9.77. The van der Waals surface area contributed by atoms with Gasteiger partial charge >= 0.3 is 5.63 Å².